The van der Waals surface area contributed by atoms with Gasteiger partial charge in [-0.15, -0.1) is 6.58 Å². The molecule has 0 spiro atoms. The largest absolute Gasteiger partial charge is 0.102 e. The zero-order valence-electron chi connectivity index (χ0n) is 6.77. The lowest BCUT2D eigenvalue weighted by Crippen LogP contribution is -1.92. The molecule has 12 heavy (non-hydrogen) atoms. The van der Waals surface area contributed by atoms with Gasteiger partial charge in [0.05, 0.1) is 0 Å². The summed E-state index contributed by atoms with van der Waals surface area (Å²) in [4.78, 5) is 0. The van der Waals surface area contributed by atoms with Crippen LogP contribution in [0.5, 0.6) is 0 Å². The monoisotopic (exact) mass is 335 g/mol. The summed E-state index contributed by atoms with van der Waals surface area (Å²) >= 11 is 5.85. The maximum Gasteiger partial charge on any atom is 0.0350 e. The first kappa shape index (κ1) is 10.3. The second kappa shape index (κ2) is 4.42. The molecular formula is C10H9BrI. The van der Waals surface area contributed by atoms with Gasteiger partial charge in [0, 0.05) is 14.0 Å². The van der Waals surface area contributed by atoms with Crippen LogP contribution in [-0.2, 0) is 0 Å². The SMILES string of the molecule is C=C[C](C)c1cccc(I)c1Br. The Bertz CT molecular complexity index is 294. The third-order valence-electron chi connectivity index (χ3n) is 1.68. The average molecular weight is 336 g/mol. The summed E-state index contributed by atoms with van der Waals surface area (Å²) in [5, 5.41) is 0. The highest BCUT2D eigenvalue weighted by molar-refractivity contribution is 14.1. The van der Waals surface area contributed by atoms with E-state index in [0.717, 1.165) is 4.47 Å². The fourth-order valence-corrected chi connectivity index (χ4v) is 1.99. The van der Waals surface area contributed by atoms with Crippen LogP contribution in [0.3, 0.4) is 0 Å². The van der Waals surface area contributed by atoms with Gasteiger partial charge in [-0.3, -0.25) is 0 Å². The highest BCUT2D eigenvalue weighted by Crippen LogP contribution is 2.28. The lowest BCUT2D eigenvalue weighted by Gasteiger charge is -2.08. The number of allylic oxidation sites excluding steroid dienone is 1. The molecule has 0 aromatic heterocycles. The van der Waals surface area contributed by atoms with Crippen LogP contribution in [0, 0.1) is 9.49 Å². The predicted octanol–water partition coefficient (Wildman–Crippen LogP) is 4.18. The Balaban J connectivity index is 3.15. The Labute approximate surface area is 95.3 Å². The molecule has 0 aliphatic rings. The molecule has 0 saturated carbocycles. The van der Waals surface area contributed by atoms with Crippen LogP contribution in [0.4, 0.5) is 0 Å². The molecule has 0 aliphatic heterocycles. The van der Waals surface area contributed by atoms with Crippen molar-refractivity contribution in [3.05, 3.63) is 50.4 Å². The standard InChI is InChI=1S/C10H9BrI/c1-3-7(2)8-5-4-6-9(12)10(8)11/h3-6H,1H2,2H3. The number of benzene rings is 1. The zero-order valence-corrected chi connectivity index (χ0v) is 10.5. The Hall–Kier alpha value is 0.170. The molecule has 1 radical (unpaired) electrons. The van der Waals surface area contributed by atoms with Crippen molar-refractivity contribution in [3.63, 3.8) is 0 Å². The maximum atomic E-state index is 3.75. The van der Waals surface area contributed by atoms with Crippen molar-refractivity contribution in [2.24, 2.45) is 0 Å². The van der Waals surface area contributed by atoms with Crippen LogP contribution >= 0.6 is 38.5 Å². The molecular weight excluding hydrogens is 327 g/mol. The van der Waals surface area contributed by atoms with Gasteiger partial charge in [-0.1, -0.05) is 25.1 Å². The van der Waals surface area contributed by atoms with Crippen LogP contribution in [0.15, 0.2) is 35.3 Å². The molecule has 0 fully saturated rings. The van der Waals surface area contributed by atoms with Gasteiger partial charge in [-0.2, -0.15) is 0 Å². The summed E-state index contributed by atoms with van der Waals surface area (Å²) in [7, 11) is 0. The van der Waals surface area contributed by atoms with Crippen molar-refractivity contribution in [2.75, 3.05) is 0 Å². The van der Waals surface area contributed by atoms with Crippen molar-refractivity contribution in [3.8, 4) is 0 Å². The fourth-order valence-electron chi connectivity index (χ4n) is 0.918. The summed E-state index contributed by atoms with van der Waals surface area (Å²) in [5.74, 6) is 1.19. The Kier molecular flexibility index (Phi) is 3.77. The minimum absolute atomic E-state index is 1.16. The molecule has 1 aromatic carbocycles. The number of rotatable bonds is 2. The van der Waals surface area contributed by atoms with E-state index in [1.807, 2.05) is 6.08 Å². The molecule has 63 valence electrons. The van der Waals surface area contributed by atoms with Crippen LogP contribution < -0.4 is 0 Å². The van der Waals surface area contributed by atoms with E-state index in [9.17, 15) is 0 Å². The molecule has 1 aromatic rings. The second-order valence-corrected chi connectivity index (χ2v) is 4.44. The molecule has 1 rings (SSSR count). The molecule has 0 atom stereocenters. The summed E-state index contributed by atoms with van der Waals surface area (Å²) in [6.45, 7) is 5.81. The van der Waals surface area contributed by atoms with Crippen LogP contribution in [0.1, 0.15) is 12.5 Å². The van der Waals surface area contributed by atoms with Crippen molar-refractivity contribution < 1.29 is 0 Å². The van der Waals surface area contributed by atoms with Gasteiger partial charge in [-0.05, 0) is 50.2 Å². The minimum atomic E-state index is 1.16. The number of hydrogen-bond acceptors (Lipinski definition) is 0. The Morgan fingerprint density at radius 2 is 2.25 bits per heavy atom. The summed E-state index contributed by atoms with van der Waals surface area (Å²) in [6, 6.07) is 6.21. The smallest absolute Gasteiger partial charge is 0.0350 e. The van der Waals surface area contributed by atoms with Gasteiger partial charge in [-0.25, -0.2) is 0 Å². The van der Waals surface area contributed by atoms with Crippen LogP contribution in [0.2, 0.25) is 0 Å². The van der Waals surface area contributed by atoms with Gasteiger partial charge in [0.25, 0.3) is 0 Å². The van der Waals surface area contributed by atoms with Crippen LogP contribution in [-0.4, -0.2) is 0 Å². The molecule has 0 aliphatic carbocycles. The van der Waals surface area contributed by atoms with E-state index in [4.69, 9.17) is 0 Å². The summed E-state index contributed by atoms with van der Waals surface area (Å²) in [5.41, 5.74) is 1.22. The Morgan fingerprint density at radius 3 is 2.83 bits per heavy atom. The van der Waals surface area contributed by atoms with E-state index in [1.54, 1.807) is 0 Å². The predicted molar refractivity (Wildman–Crippen MR) is 65.1 cm³/mol. The molecule has 0 unspecified atom stereocenters. The first-order valence-electron chi connectivity index (χ1n) is 3.57. The van der Waals surface area contributed by atoms with Gasteiger partial charge in [0.1, 0.15) is 0 Å². The van der Waals surface area contributed by atoms with Gasteiger partial charge in [0.2, 0.25) is 0 Å². The molecule has 0 saturated heterocycles. The van der Waals surface area contributed by atoms with E-state index in [0.29, 0.717) is 0 Å². The number of halogens is 2. The maximum absolute atomic E-state index is 3.75. The molecule has 0 N–H and O–H groups in total. The summed E-state index contributed by atoms with van der Waals surface area (Å²) in [6.07, 6.45) is 1.87. The first-order chi connectivity index (χ1) is 5.66. The van der Waals surface area contributed by atoms with E-state index in [1.165, 1.54) is 15.1 Å². The fraction of sp³-hybridized carbons (Fsp3) is 0.100. The third kappa shape index (κ3) is 2.10. The zero-order chi connectivity index (χ0) is 9.14. The van der Waals surface area contributed by atoms with Gasteiger partial charge in [0.15, 0.2) is 0 Å². The van der Waals surface area contributed by atoms with Crippen molar-refractivity contribution in [1.82, 2.24) is 0 Å². The van der Waals surface area contributed by atoms with Crippen LogP contribution in [0.25, 0.3) is 0 Å². The Morgan fingerprint density at radius 1 is 1.58 bits per heavy atom. The van der Waals surface area contributed by atoms with E-state index >= 15 is 0 Å². The molecule has 2 heteroatoms. The summed E-state index contributed by atoms with van der Waals surface area (Å²) < 4.78 is 2.38. The van der Waals surface area contributed by atoms with E-state index in [-0.39, 0.29) is 0 Å². The normalized spacial score (nSPS) is 10.3. The van der Waals surface area contributed by atoms with Crippen molar-refractivity contribution in [2.45, 2.75) is 6.92 Å². The highest BCUT2D eigenvalue weighted by atomic mass is 127. The van der Waals surface area contributed by atoms with E-state index in [2.05, 4.69) is 70.2 Å². The molecule has 0 amide bonds. The second-order valence-electron chi connectivity index (χ2n) is 2.49. The lowest BCUT2D eigenvalue weighted by molar-refractivity contribution is 1.23. The number of hydrogen-bond donors (Lipinski definition) is 0. The lowest BCUT2D eigenvalue weighted by atomic mass is 10.0. The van der Waals surface area contributed by atoms with Gasteiger partial charge < -0.3 is 0 Å². The topological polar surface area (TPSA) is 0 Å². The van der Waals surface area contributed by atoms with Crippen molar-refractivity contribution >= 4 is 38.5 Å². The van der Waals surface area contributed by atoms with Gasteiger partial charge >= 0.3 is 0 Å². The van der Waals surface area contributed by atoms with E-state index < -0.39 is 0 Å². The average Bonchev–Trinajstić information content (AvgIpc) is 2.08. The first-order valence-corrected chi connectivity index (χ1v) is 5.44. The minimum Gasteiger partial charge on any atom is -0.102 e. The van der Waals surface area contributed by atoms with Crippen molar-refractivity contribution in [1.29, 1.82) is 0 Å². The molecule has 0 bridgehead atoms. The third-order valence-corrected chi connectivity index (χ3v) is 4.18. The molecule has 0 heterocycles. The highest BCUT2D eigenvalue weighted by Gasteiger charge is 2.07. The molecule has 0 nitrogen and oxygen atoms in total. The quantitative estimate of drug-likeness (QED) is 0.711.